The van der Waals surface area contributed by atoms with Gasteiger partial charge < -0.3 is 0 Å². The summed E-state index contributed by atoms with van der Waals surface area (Å²) in [5, 5.41) is 0. The van der Waals surface area contributed by atoms with Crippen molar-refractivity contribution in [1.82, 2.24) is 0 Å². The van der Waals surface area contributed by atoms with Crippen molar-refractivity contribution in [1.29, 1.82) is 0 Å². The molecule has 0 aliphatic rings. The summed E-state index contributed by atoms with van der Waals surface area (Å²) in [6.45, 7) is 2.03. The Labute approximate surface area is 106 Å². The molecule has 0 saturated heterocycles. The standard InChI is InChI=1S/C15H24S/c1-2-3-4-5-6-7-8-9-10-11-12-13-14-15-16/h2-5,9-12,16H,6-8,13-15H2,1H3/b3-2+,5-4+,10-9+,12-11+. The number of thiol groups is 1. The SMILES string of the molecule is C/C=C/C=C/CCC/C=C/C=C/CCCS. The Morgan fingerprint density at radius 1 is 0.750 bits per heavy atom. The molecule has 0 saturated carbocycles. The largest absolute Gasteiger partial charge is 0.179 e. The second-order valence-electron chi connectivity index (χ2n) is 3.61. The minimum absolute atomic E-state index is 0.979. The van der Waals surface area contributed by atoms with Crippen LogP contribution in [-0.4, -0.2) is 5.75 Å². The second kappa shape index (κ2) is 14.3. The lowest BCUT2D eigenvalue weighted by atomic mass is 10.2. The van der Waals surface area contributed by atoms with Gasteiger partial charge in [-0.15, -0.1) is 0 Å². The zero-order valence-electron chi connectivity index (χ0n) is 10.3. The summed E-state index contributed by atoms with van der Waals surface area (Å²) in [5.74, 6) is 0.979. The first-order chi connectivity index (χ1) is 7.91. The van der Waals surface area contributed by atoms with E-state index in [0.29, 0.717) is 0 Å². The smallest absolute Gasteiger partial charge is 0.00950 e. The zero-order chi connectivity index (χ0) is 11.9. The van der Waals surface area contributed by atoms with Crippen molar-refractivity contribution in [3.8, 4) is 0 Å². The fourth-order valence-corrected chi connectivity index (χ4v) is 1.38. The number of hydrogen-bond donors (Lipinski definition) is 1. The van der Waals surface area contributed by atoms with Crippen LogP contribution in [0.3, 0.4) is 0 Å². The maximum Gasteiger partial charge on any atom is -0.00950 e. The van der Waals surface area contributed by atoms with E-state index in [9.17, 15) is 0 Å². The fourth-order valence-electron chi connectivity index (χ4n) is 1.20. The molecular formula is C15H24S. The van der Waals surface area contributed by atoms with Crippen molar-refractivity contribution in [3.05, 3.63) is 48.6 Å². The molecule has 1 heteroatoms. The van der Waals surface area contributed by atoms with Gasteiger partial charge in [0.25, 0.3) is 0 Å². The average Bonchev–Trinajstić information content (AvgIpc) is 2.31. The predicted molar refractivity (Wildman–Crippen MR) is 79.2 cm³/mol. The Kier molecular flexibility index (Phi) is 13.7. The van der Waals surface area contributed by atoms with Crippen LogP contribution in [0.15, 0.2) is 48.6 Å². The molecule has 0 fully saturated rings. The second-order valence-corrected chi connectivity index (χ2v) is 4.05. The first-order valence-corrected chi connectivity index (χ1v) is 6.75. The van der Waals surface area contributed by atoms with Crippen LogP contribution in [0.1, 0.15) is 39.0 Å². The number of rotatable bonds is 9. The summed E-state index contributed by atoms with van der Waals surface area (Å²) in [4.78, 5) is 0. The van der Waals surface area contributed by atoms with Gasteiger partial charge in [0.2, 0.25) is 0 Å². The van der Waals surface area contributed by atoms with Crippen LogP contribution in [0.25, 0.3) is 0 Å². The maximum atomic E-state index is 4.16. The lowest BCUT2D eigenvalue weighted by Gasteiger charge is -1.89. The molecule has 0 heterocycles. The lowest BCUT2D eigenvalue weighted by molar-refractivity contribution is 0.868. The van der Waals surface area contributed by atoms with Gasteiger partial charge in [0.1, 0.15) is 0 Å². The van der Waals surface area contributed by atoms with Gasteiger partial charge in [-0.3, -0.25) is 0 Å². The average molecular weight is 236 g/mol. The summed E-state index contributed by atoms with van der Waals surface area (Å²) in [7, 11) is 0. The van der Waals surface area contributed by atoms with Crippen molar-refractivity contribution in [2.45, 2.75) is 39.0 Å². The fraction of sp³-hybridized carbons (Fsp3) is 0.467. The molecule has 0 aromatic carbocycles. The van der Waals surface area contributed by atoms with Gasteiger partial charge >= 0.3 is 0 Å². The Morgan fingerprint density at radius 3 is 1.75 bits per heavy atom. The van der Waals surface area contributed by atoms with Crippen LogP contribution in [0.4, 0.5) is 0 Å². The topological polar surface area (TPSA) is 0 Å². The number of hydrogen-bond acceptors (Lipinski definition) is 1. The summed E-state index contributed by atoms with van der Waals surface area (Å²) in [6.07, 6.45) is 23.0. The van der Waals surface area contributed by atoms with E-state index in [-0.39, 0.29) is 0 Å². The van der Waals surface area contributed by atoms with Crippen LogP contribution < -0.4 is 0 Å². The summed E-state index contributed by atoms with van der Waals surface area (Å²) in [5.41, 5.74) is 0. The Hall–Kier alpha value is -0.690. The molecule has 90 valence electrons. The van der Waals surface area contributed by atoms with E-state index in [2.05, 4.69) is 55.2 Å². The normalized spacial score (nSPS) is 12.9. The molecule has 0 bridgehead atoms. The van der Waals surface area contributed by atoms with E-state index < -0.39 is 0 Å². The molecule has 0 N–H and O–H groups in total. The molecule has 16 heavy (non-hydrogen) atoms. The third-order valence-electron chi connectivity index (χ3n) is 2.09. The summed E-state index contributed by atoms with van der Waals surface area (Å²) < 4.78 is 0. The van der Waals surface area contributed by atoms with Crippen LogP contribution in [0.5, 0.6) is 0 Å². The molecule has 0 aromatic rings. The Bertz CT molecular complexity index is 234. The highest BCUT2D eigenvalue weighted by molar-refractivity contribution is 7.80. The van der Waals surface area contributed by atoms with Gasteiger partial charge in [0.05, 0.1) is 0 Å². The van der Waals surface area contributed by atoms with Gasteiger partial charge in [0.15, 0.2) is 0 Å². The minimum Gasteiger partial charge on any atom is -0.179 e. The molecule has 0 radical (unpaired) electrons. The van der Waals surface area contributed by atoms with Gasteiger partial charge in [0, 0.05) is 0 Å². The van der Waals surface area contributed by atoms with Crippen molar-refractivity contribution >= 4 is 12.6 Å². The highest BCUT2D eigenvalue weighted by Crippen LogP contribution is 1.99. The van der Waals surface area contributed by atoms with Gasteiger partial charge in [-0.05, 0) is 44.8 Å². The molecule has 0 atom stereocenters. The highest BCUT2D eigenvalue weighted by atomic mass is 32.1. The number of unbranched alkanes of at least 4 members (excludes halogenated alkanes) is 3. The number of allylic oxidation sites excluding steroid dienone is 8. The third kappa shape index (κ3) is 13.3. The monoisotopic (exact) mass is 236 g/mol. The zero-order valence-corrected chi connectivity index (χ0v) is 11.2. The van der Waals surface area contributed by atoms with Gasteiger partial charge in [-0.1, -0.05) is 48.6 Å². The molecule has 0 spiro atoms. The molecule has 0 unspecified atom stereocenters. The van der Waals surface area contributed by atoms with E-state index in [0.717, 1.165) is 25.0 Å². The maximum absolute atomic E-state index is 4.16. The Morgan fingerprint density at radius 2 is 1.25 bits per heavy atom. The minimum atomic E-state index is 0.979. The van der Waals surface area contributed by atoms with Crippen LogP contribution in [0, 0.1) is 0 Å². The van der Waals surface area contributed by atoms with Crippen molar-refractivity contribution in [3.63, 3.8) is 0 Å². The molecule has 0 rings (SSSR count). The molecule has 0 nitrogen and oxygen atoms in total. The van der Waals surface area contributed by atoms with Crippen molar-refractivity contribution in [2.75, 3.05) is 5.75 Å². The molecule has 0 amide bonds. The third-order valence-corrected chi connectivity index (χ3v) is 2.41. The molecule has 0 aromatic heterocycles. The predicted octanol–water partition coefficient (Wildman–Crippen LogP) is 5.11. The molecular weight excluding hydrogens is 212 g/mol. The first-order valence-electron chi connectivity index (χ1n) is 6.12. The van der Waals surface area contributed by atoms with Crippen molar-refractivity contribution in [2.24, 2.45) is 0 Å². The van der Waals surface area contributed by atoms with E-state index in [1.165, 1.54) is 12.8 Å². The van der Waals surface area contributed by atoms with Crippen LogP contribution in [0.2, 0.25) is 0 Å². The summed E-state index contributed by atoms with van der Waals surface area (Å²) >= 11 is 4.16. The van der Waals surface area contributed by atoms with Gasteiger partial charge in [-0.2, -0.15) is 12.6 Å². The van der Waals surface area contributed by atoms with Crippen molar-refractivity contribution < 1.29 is 0 Å². The highest BCUT2D eigenvalue weighted by Gasteiger charge is 1.79. The van der Waals surface area contributed by atoms with Gasteiger partial charge in [-0.25, -0.2) is 0 Å². The lowest BCUT2D eigenvalue weighted by Crippen LogP contribution is -1.70. The van der Waals surface area contributed by atoms with E-state index in [4.69, 9.17) is 0 Å². The molecule has 0 aliphatic heterocycles. The van der Waals surface area contributed by atoms with E-state index >= 15 is 0 Å². The summed E-state index contributed by atoms with van der Waals surface area (Å²) in [6, 6.07) is 0. The van der Waals surface area contributed by atoms with Crippen LogP contribution in [-0.2, 0) is 0 Å². The Balaban J connectivity index is 3.30. The molecule has 0 aliphatic carbocycles. The quantitative estimate of drug-likeness (QED) is 0.321. The first kappa shape index (κ1) is 15.3. The van der Waals surface area contributed by atoms with Crippen LogP contribution >= 0.6 is 12.6 Å². The van der Waals surface area contributed by atoms with E-state index in [1.807, 2.05) is 13.0 Å². The van der Waals surface area contributed by atoms with E-state index in [1.54, 1.807) is 0 Å².